The molecule has 1 aliphatic rings. The van der Waals surface area contributed by atoms with E-state index in [0.717, 1.165) is 30.3 Å². The number of non-ortho nitro benzene ring substituents is 1. The summed E-state index contributed by atoms with van der Waals surface area (Å²) in [4.78, 5) is 34.2. The van der Waals surface area contributed by atoms with Crippen molar-refractivity contribution in [2.24, 2.45) is 0 Å². The van der Waals surface area contributed by atoms with Gasteiger partial charge in [0.1, 0.15) is 6.04 Å². The van der Waals surface area contributed by atoms with E-state index in [1.165, 1.54) is 18.2 Å². The number of carboxylic acids is 1. The third-order valence-corrected chi connectivity index (χ3v) is 6.38. The van der Waals surface area contributed by atoms with Gasteiger partial charge in [0.15, 0.2) is 6.17 Å². The Balaban J connectivity index is 1.88. The summed E-state index contributed by atoms with van der Waals surface area (Å²) in [5.74, 6) is -2.65. The van der Waals surface area contributed by atoms with E-state index in [1.54, 1.807) is 4.72 Å². The first-order valence-corrected chi connectivity index (χ1v) is 10.9. The maximum Gasteiger partial charge on any atom is 0.416 e. The maximum atomic E-state index is 13.3. The van der Waals surface area contributed by atoms with Crippen molar-refractivity contribution < 1.29 is 41.2 Å². The molecule has 1 fully saturated rings. The van der Waals surface area contributed by atoms with Gasteiger partial charge in [-0.05, 0) is 23.6 Å². The number of carbonyl (C=O) groups is 2. The standard InChI is InChI=1S/C19H17F3N4O7S/c20-19(21,22)14-4-2-1-3-12(14)10-25-16(17(27)24-34(25,32)33)23-15(18(28)29)9-11-5-7-13(8-6-11)26(30)31/h1-8,15-16,23H,9-10H2,(H,24,27)(H,28,29)/t15-,16+/m0/s1. The fourth-order valence-electron chi connectivity index (χ4n) is 3.35. The predicted molar refractivity (Wildman–Crippen MR) is 109 cm³/mol. The molecule has 1 heterocycles. The summed E-state index contributed by atoms with van der Waals surface area (Å²) in [5.41, 5.74) is -1.46. The summed E-state index contributed by atoms with van der Waals surface area (Å²) in [6, 6.07) is 7.49. The van der Waals surface area contributed by atoms with Crippen molar-refractivity contribution in [2.45, 2.75) is 31.3 Å². The zero-order chi connectivity index (χ0) is 25.3. The van der Waals surface area contributed by atoms with Gasteiger partial charge in [-0.15, -0.1) is 0 Å². The van der Waals surface area contributed by atoms with Gasteiger partial charge in [0.05, 0.1) is 10.5 Å². The van der Waals surface area contributed by atoms with Crippen LogP contribution < -0.4 is 10.0 Å². The minimum absolute atomic E-state index is 0.237. The molecule has 2 aromatic carbocycles. The molecule has 0 spiro atoms. The molecular weight excluding hydrogens is 485 g/mol. The van der Waals surface area contributed by atoms with Crippen molar-refractivity contribution in [3.05, 3.63) is 75.3 Å². The molecule has 3 rings (SSSR count). The van der Waals surface area contributed by atoms with Crippen LogP contribution in [0.5, 0.6) is 0 Å². The Hall–Kier alpha value is -3.56. The zero-order valence-electron chi connectivity index (χ0n) is 17.0. The molecule has 34 heavy (non-hydrogen) atoms. The van der Waals surface area contributed by atoms with Crippen LogP contribution in [0.25, 0.3) is 0 Å². The van der Waals surface area contributed by atoms with Crippen molar-refractivity contribution >= 4 is 27.8 Å². The summed E-state index contributed by atoms with van der Waals surface area (Å²) < 4.78 is 66.9. The molecule has 2 atom stereocenters. The van der Waals surface area contributed by atoms with Gasteiger partial charge in [-0.3, -0.25) is 25.0 Å². The first-order chi connectivity index (χ1) is 15.8. The van der Waals surface area contributed by atoms with E-state index in [4.69, 9.17) is 0 Å². The van der Waals surface area contributed by atoms with Gasteiger partial charge in [-0.25, -0.2) is 4.72 Å². The average Bonchev–Trinajstić information content (AvgIpc) is 2.95. The van der Waals surface area contributed by atoms with Crippen molar-refractivity contribution in [1.82, 2.24) is 14.3 Å². The summed E-state index contributed by atoms with van der Waals surface area (Å²) in [6.45, 7) is -0.863. The fourth-order valence-corrected chi connectivity index (χ4v) is 4.57. The highest BCUT2D eigenvalue weighted by Crippen LogP contribution is 2.33. The average molecular weight is 502 g/mol. The van der Waals surface area contributed by atoms with Gasteiger partial charge < -0.3 is 5.11 Å². The highest BCUT2D eigenvalue weighted by atomic mass is 32.2. The summed E-state index contributed by atoms with van der Waals surface area (Å²) in [5, 5.41) is 22.7. The van der Waals surface area contributed by atoms with Crippen LogP contribution >= 0.6 is 0 Å². The molecule has 3 N–H and O–H groups in total. The van der Waals surface area contributed by atoms with Crippen LogP contribution in [-0.4, -0.2) is 46.8 Å². The Morgan fingerprint density at radius 3 is 2.38 bits per heavy atom. The number of nitro benzene ring substituents is 1. The number of nitro groups is 1. The Kier molecular flexibility index (Phi) is 6.90. The quantitative estimate of drug-likeness (QED) is 0.361. The van der Waals surface area contributed by atoms with Gasteiger partial charge in [-0.2, -0.15) is 25.9 Å². The Morgan fingerprint density at radius 2 is 1.82 bits per heavy atom. The molecule has 0 aromatic heterocycles. The number of alkyl halides is 3. The van der Waals surface area contributed by atoms with Crippen LogP contribution in [0.4, 0.5) is 18.9 Å². The van der Waals surface area contributed by atoms with E-state index >= 15 is 0 Å². The van der Waals surface area contributed by atoms with Gasteiger partial charge in [0.25, 0.3) is 11.6 Å². The molecular formula is C19H17F3N4O7S. The molecule has 0 unspecified atom stereocenters. The highest BCUT2D eigenvalue weighted by molar-refractivity contribution is 7.88. The van der Waals surface area contributed by atoms with Gasteiger partial charge in [-0.1, -0.05) is 30.3 Å². The van der Waals surface area contributed by atoms with Crippen molar-refractivity contribution in [2.75, 3.05) is 0 Å². The molecule has 0 saturated carbocycles. The number of aliphatic carboxylic acids is 1. The molecule has 11 nitrogen and oxygen atoms in total. The second kappa shape index (κ2) is 9.36. The van der Waals surface area contributed by atoms with E-state index in [-0.39, 0.29) is 12.1 Å². The van der Waals surface area contributed by atoms with Gasteiger partial charge in [0, 0.05) is 18.7 Å². The third kappa shape index (κ3) is 5.49. The number of amides is 1. The Morgan fingerprint density at radius 1 is 1.21 bits per heavy atom. The van der Waals surface area contributed by atoms with Crippen LogP contribution in [-0.2, 0) is 38.9 Å². The SMILES string of the molecule is O=C(O)[C@H](Cc1ccc([N+](=O)[O-])cc1)N[C@H]1C(=O)NS(=O)(=O)N1Cc1ccccc1C(F)(F)F. The minimum atomic E-state index is -4.79. The predicted octanol–water partition coefficient (Wildman–Crippen LogP) is 1.40. The second-order valence-corrected chi connectivity index (χ2v) is 8.88. The molecule has 182 valence electrons. The van der Waals surface area contributed by atoms with E-state index in [9.17, 15) is 46.4 Å². The largest absolute Gasteiger partial charge is 0.480 e. The lowest BCUT2D eigenvalue weighted by atomic mass is 10.0. The summed E-state index contributed by atoms with van der Waals surface area (Å²) in [7, 11) is -4.57. The third-order valence-electron chi connectivity index (χ3n) is 4.97. The van der Waals surface area contributed by atoms with Crippen LogP contribution in [0, 0.1) is 10.1 Å². The van der Waals surface area contributed by atoms with E-state index in [0.29, 0.717) is 9.87 Å². The topological polar surface area (TPSA) is 159 Å². The number of nitrogens with one attached hydrogen (secondary N) is 2. The molecule has 1 saturated heterocycles. The molecule has 0 radical (unpaired) electrons. The Bertz CT molecular complexity index is 1220. The number of carboxylic acid groups (broad SMARTS) is 1. The molecule has 0 bridgehead atoms. The number of nitrogens with zero attached hydrogens (tertiary/aromatic N) is 2. The summed E-state index contributed by atoms with van der Waals surface area (Å²) >= 11 is 0. The van der Waals surface area contributed by atoms with Crippen LogP contribution in [0.1, 0.15) is 16.7 Å². The van der Waals surface area contributed by atoms with Crippen LogP contribution in [0.3, 0.4) is 0 Å². The number of benzene rings is 2. The van der Waals surface area contributed by atoms with E-state index in [1.807, 2.05) is 0 Å². The number of rotatable bonds is 8. The van der Waals surface area contributed by atoms with Gasteiger partial charge >= 0.3 is 22.4 Å². The number of halogens is 3. The number of hydrogen-bond donors (Lipinski definition) is 3. The highest BCUT2D eigenvalue weighted by Gasteiger charge is 2.46. The number of carbonyl (C=O) groups excluding carboxylic acids is 1. The van der Waals surface area contributed by atoms with E-state index < -0.39 is 63.1 Å². The van der Waals surface area contributed by atoms with E-state index in [2.05, 4.69) is 5.32 Å². The molecule has 1 amide bonds. The lowest BCUT2D eigenvalue weighted by Gasteiger charge is -2.25. The first-order valence-electron chi connectivity index (χ1n) is 9.50. The van der Waals surface area contributed by atoms with Crippen molar-refractivity contribution in [3.63, 3.8) is 0 Å². The normalized spacial score (nSPS) is 18.9. The maximum absolute atomic E-state index is 13.3. The molecule has 2 aromatic rings. The Labute approximate surface area is 190 Å². The van der Waals surface area contributed by atoms with Crippen molar-refractivity contribution in [3.8, 4) is 0 Å². The minimum Gasteiger partial charge on any atom is -0.480 e. The molecule has 0 aliphatic carbocycles. The second-order valence-electron chi connectivity index (χ2n) is 7.26. The van der Waals surface area contributed by atoms with Crippen LogP contribution in [0.15, 0.2) is 48.5 Å². The molecule has 1 aliphatic heterocycles. The lowest BCUT2D eigenvalue weighted by Crippen LogP contribution is -2.53. The lowest BCUT2D eigenvalue weighted by molar-refractivity contribution is -0.384. The first kappa shape index (κ1) is 25.1. The summed E-state index contributed by atoms with van der Waals surface area (Å²) in [6.07, 6.45) is -6.91. The fraction of sp³-hybridized carbons (Fsp3) is 0.263. The zero-order valence-corrected chi connectivity index (χ0v) is 17.8. The smallest absolute Gasteiger partial charge is 0.416 e. The van der Waals surface area contributed by atoms with Crippen molar-refractivity contribution in [1.29, 1.82) is 0 Å². The van der Waals surface area contributed by atoms with Gasteiger partial charge in [0.2, 0.25) is 0 Å². The monoisotopic (exact) mass is 502 g/mol. The number of hydrogen-bond acceptors (Lipinski definition) is 7. The van der Waals surface area contributed by atoms with Crippen LogP contribution in [0.2, 0.25) is 0 Å². The molecule has 15 heteroatoms.